The Morgan fingerprint density at radius 3 is 2.03 bits per heavy atom. The highest BCUT2D eigenvalue weighted by Gasteiger charge is 2.22. The van der Waals surface area contributed by atoms with Gasteiger partial charge >= 0.3 is 0 Å². The largest absolute Gasteiger partial charge is 0.338 e. The number of hydrogen-bond donors (Lipinski definition) is 0. The Morgan fingerprint density at radius 1 is 0.771 bits per heavy atom. The second-order valence-corrected chi connectivity index (χ2v) is 9.35. The summed E-state index contributed by atoms with van der Waals surface area (Å²) >= 11 is 0. The van der Waals surface area contributed by atoms with Crippen molar-refractivity contribution < 1.29 is 4.79 Å². The van der Waals surface area contributed by atoms with Gasteiger partial charge in [0, 0.05) is 23.0 Å². The highest BCUT2D eigenvalue weighted by molar-refractivity contribution is 5.91. The maximum atomic E-state index is 11.4. The molecule has 4 aromatic rings. The zero-order chi connectivity index (χ0) is 24.0. The monoisotopic (exact) mass is 457 g/mol. The Kier molecular flexibility index (Phi) is 6.90. The summed E-state index contributed by atoms with van der Waals surface area (Å²) < 4.78 is 0. The van der Waals surface area contributed by atoms with Gasteiger partial charge in [0.1, 0.15) is 6.29 Å². The van der Waals surface area contributed by atoms with Crippen LogP contribution < -0.4 is 4.90 Å². The number of aldehydes is 1. The predicted octanol–water partition coefficient (Wildman–Crippen LogP) is 8.34. The number of carbonyl (C=O) groups is 1. The van der Waals surface area contributed by atoms with Crippen molar-refractivity contribution in [2.45, 2.75) is 38.6 Å². The SMILES string of the molecule is CC1CCCCc2cc(C=O)ccc2N1c1ccc(C=C(c2ccccc2)c2ccccc2)cc1. The van der Waals surface area contributed by atoms with Gasteiger partial charge in [0.15, 0.2) is 0 Å². The van der Waals surface area contributed by atoms with Gasteiger partial charge in [0.05, 0.1) is 0 Å². The minimum Gasteiger partial charge on any atom is -0.338 e. The molecule has 0 saturated heterocycles. The molecule has 0 aliphatic carbocycles. The number of fused-ring (bicyclic) bond motifs is 1. The summed E-state index contributed by atoms with van der Waals surface area (Å²) in [5.41, 5.74) is 9.24. The first kappa shape index (κ1) is 22.9. The molecule has 174 valence electrons. The van der Waals surface area contributed by atoms with E-state index >= 15 is 0 Å². The molecule has 0 bridgehead atoms. The predicted molar refractivity (Wildman–Crippen MR) is 147 cm³/mol. The van der Waals surface area contributed by atoms with E-state index in [2.05, 4.69) is 115 Å². The minimum atomic E-state index is 0.390. The molecule has 1 atom stereocenters. The van der Waals surface area contributed by atoms with E-state index < -0.39 is 0 Å². The van der Waals surface area contributed by atoms with Crippen molar-refractivity contribution in [3.63, 3.8) is 0 Å². The van der Waals surface area contributed by atoms with Crippen molar-refractivity contribution in [2.24, 2.45) is 0 Å². The van der Waals surface area contributed by atoms with Crippen LogP contribution in [0, 0.1) is 0 Å². The number of hydrogen-bond acceptors (Lipinski definition) is 2. The van der Waals surface area contributed by atoms with Crippen LogP contribution >= 0.6 is 0 Å². The molecule has 0 spiro atoms. The van der Waals surface area contributed by atoms with Crippen LogP contribution in [0.3, 0.4) is 0 Å². The Labute approximate surface area is 208 Å². The highest BCUT2D eigenvalue weighted by atomic mass is 16.1. The van der Waals surface area contributed by atoms with Crippen LogP contribution in [0.5, 0.6) is 0 Å². The average molecular weight is 458 g/mol. The van der Waals surface area contributed by atoms with Gasteiger partial charge in [-0.1, -0.05) is 79.2 Å². The first-order valence-corrected chi connectivity index (χ1v) is 12.5. The molecule has 5 rings (SSSR count). The Bertz CT molecular complexity index is 1270. The van der Waals surface area contributed by atoms with Crippen molar-refractivity contribution in [3.05, 3.63) is 131 Å². The number of benzene rings is 4. The van der Waals surface area contributed by atoms with Crippen LogP contribution in [-0.2, 0) is 6.42 Å². The van der Waals surface area contributed by atoms with Crippen LogP contribution in [0.1, 0.15) is 58.8 Å². The van der Waals surface area contributed by atoms with Gasteiger partial charge in [-0.05, 0) is 90.4 Å². The molecule has 1 aliphatic rings. The normalized spacial score (nSPS) is 15.5. The van der Waals surface area contributed by atoms with Gasteiger partial charge in [-0.25, -0.2) is 0 Å². The Hall–Kier alpha value is -3.91. The number of carbonyl (C=O) groups excluding carboxylic acids is 1. The minimum absolute atomic E-state index is 0.390. The van der Waals surface area contributed by atoms with Crippen molar-refractivity contribution in [1.29, 1.82) is 0 Å². The molecule has 0 N–H and O–H groups in total. The molecular formula is C33H31NO. The van der Waals surface area contributed by atoms with Crippen molar-refractivity contribution in [2.75, 3.05) is 4.90 Å². The van der Waals surface area contributed by atoms with Crippen LogP contribution in [0.15, 0.2) is 103 Å². The summed E-state index contributed by atoms with van der Waals surface area (Å²) in [7, 11) is 0. The lowest BCUT2D eigenvalue weighted by molar-refractivity contribution is 0.112. The van der Waals surface area contributed by atoms with Crippen molar-refractivity contribution >= 4 is 29.3 Å². The molecule has 2 heteroatoms. The van der Waals surface area contributed by atoms with Crippen LogP contribution in [0.25, 0.3) is 11.6 Å². The van der Waals surface area contributed by atoms with Crippen LogP contribution in [-0.4, -0.2) is 12.3 Å². The number of aryl methyl sites for hydroxylation is 1. The van der Waals surface area contributed by atoms with Crippen LogP contribution in [0.4, 0.5) is 11.4 Å². The molecule has 4 aromatic carbocycles. The fourth-order valence-electron chi connectivity index (χ4n) is 5.10. The first-order valence-electron chi connectivity index (χ1n) is 12.5. The zero-order valence-electron chi connectivity index (χ0n) is 20.2. The second-order valence-electron chi connectivity index (χ2n) is 9.35. The lowest BCUT2D eigenvalue weighted by Crippen LogP contribution is -2.30. The third kappa shape index (κ3) is 5.12. The van der Waals surface area contributed by atoms with E-state index in [1.54, 1.807) is 0 Å². The molecule has 2 nitrogen and oxygen atoms in total. The molecule has 0 fully saturated rings. The number of nitrogens with zero attached hydrogens (tertiary/aromatic N) is 1. The summed E-state index contributed by atoms with van der Waals surface area (Å²) in [6, 6.07) is 36.5. The quantitative estimate of drug-likeness (QED) is 0.222. The van der Waals surface area contributed by atoms with E-state index in [0.717, 1.165) is 24.7 Å². The van der Waals surface area contributed by atoms with Gasteiger partial charge in [-0.2, -0.15) is 0 Å². The van der Waals surface area contributed by atoms with Gasteiger partial charge in [0.25, 0.3) is 0 Å². The fraction of sp³-hybridized carbons (Fsp3) is 0.182. The number of rotatable bonds is 5. The lowest BCUT2D eigenvalue weighted by Gasteiger charge is -2.35. The third-order valence-electron chi connectivity index (χ3n) is 6.91. The van der Waals surface area contributed by atoms with Crippen molar-refractivity contribution in [1.82, 2.24) is 0 Å². The molecule has 0 amide bonds. The molecule has 1 unspecified atom stereocenters. The summed E-state index contributed by atoms with van der Waals surface area (Å²) in [5.74, 6) is 0. The topological polar surface area (TPSA) is 20.3 Å². The lowest BCUT2D eigenvalue weighted by atomic mass is 9.94. The maximum absolute atomic E-state index is 11.4. The smallest absolute Gasteiger partial charge is 0.150 e. The molecular weight excluding hydrogens is 426 g/mol. The first-order chi connectivity index (χ1) is 17.2. The fourth-order valence-corrected chi connectivity index (χ4v) is 5.10. The van der Waals surface area contributed by atoms with E-state index in [9.17, 15) is 4.79 Å². The van der Waals surface area contributed by atoms with E-state index in [1.807, 2.05) is 6.07 Å². The molecule has 35 heavy (non-hydrogen) atoms. The Morgan fingerprint density at radius 2 is 1.40 bits per heavy atom. The Balaban J connectivity index is 1.53. The van der Waals surface area contributed by atoms with Gasteiger partial charge in [-0.3, -0.25) is 4.79 Å². The standard InChI is InChI=1S/C33H31NO/c1-25-10-8-9-15-30-22-27(24-35)18-21-33(30)34(25)31-19-16-26(17-20-31)23-32(28-11-4-2-5-12-28)29-13-6-3-7-14-29/h2-7,11-14,16-25H,8-10,15H2,1H3. The van der Waals surface area contributed by atoms with E-state index in [-0.39, 0.29) is 0 Å². The molecule has 0 aromatic heterocycles. The summed E-state index contributed by atoms with van der Waals surface area (Å²) in [6.07, 6.45) is 7.75. The summed E-state index contributed by atoms with van der Waals surface area (Å²) in [6.45, 7) is 2.31. The molecule has 0 radical (unpaired) electrons. The molecule has 1 aliphatic heterocycles. The number of anilines is 2. The summed E-state index contributed by atoms with van der Waals surface area (Å²) in [5, 5.41) is 0. The average Bonchev–Trinajstić information content (AvgIpc) is 2.91. The second kappa shape index (κ2) is 10.6. The summed E-state index contributed by atoms with van der Waals surface area (Å²) in [4.78, 5) is 13.8. The zero-order valence-corrected chi connectivity index (χ0v) is 20.2. The van der Waals surface area contributed by atoms with Crippen LogP contribution in [0.2, 0.25) is 0 Å². The van der Waals surface area contributed by atoms with E-state index in [1.165, 1.54) is 52.0 Å². The van der Waals surface area contributed by atoms with Gasteiger partial charge in [0.2, 0.25) is 0 Å². The van der Waals surface area contributed by atoms with E-state index in [0.29, 0.717) is 6.04 Å². The molecule has 0 saturated carbocycles. The maximum Gasteiger partial charge on any atom is 0.150 e. The highest BCUT2D eigenvalue weighted by Crippen LogP contribution is 2.36. The van der Waals surface area contributed by atoms with Crippen molar-refractivity contribution in [3.8, 4) is 0 Å². The molecule has 1 heterocycles. The van der Waals surface area contributed by atoms with E-state index in [4.69, 9.17) is 0 Å². The van der Waals surface area contributed by atoms with Gasteiger partial charge < -0.3 is 4.90 Å². The third-order valence-corrected chi connectivity index (χ3v) is 6.91. The van der Waals surface area contributed by atoms with Gasteiger partial charge in [-0.15, -0.1) is 0 Å².